The maximum Gasteiger partial charge on any atom is 0.234 e. The predicted octanol–water partition coefficient (Wildman–Crippen LogP) is 3.16. The van der Waals surface area contributed by atoms with Crippen LogP contribution >= 0.6 is 0 Å². The molecule has 1 amide bonds. The first-order valence-corrected chi connectivity index (χ1v) is 8.31. The first-order chi connectivity index (χ1) is 10.00. The Kier molecular flexibility index (Phi) is 6.49. The predicted molar refractivity (Wildman–Crippen MR) is 85.3 cm³/mol. The van der Waals surface area contributed by atoms with Gasteiger partial charge < -0.3 is 16.3 Å². The van der Waals surface area contributed by atoms with E-state index in [0.29, 0.717) is 12.8 Å². The Labute approximate surface area is 128 Å². The van der Waals surface area contributed by atoms with Crippen LogP contribution in [0.5, 0.6) is 0 Å². The summed E-state index contributed by atoms with van der Waals surface area (Å²) in [6.07, 6.45) is 8.10. The SMILES string of the molecule is CCC(CC)(CC)NC(=O)C1(C(N)=NO)CCCCCC1. The van der Waals surface area contributed by atoms with E-state index >= 15 is 0 Å². The lowest BCUT2D eigenvalue weighted by molar-refractivity contribution is -0.130. The van der Waals surface area contributed by atoms with E-state index in [2.05, 4.69) is 31.2 Å². The van der Waals surface area contributed by atoms with Gasteiger partial charge in [0, 0.05) is 5.54 Å². The van der Waals surface area contributed by atoms with Crippen LogP contribution in [0, 0.1) is 5.41 Å². The van der Waals surface area contributed by atoms with E-state index in [1.54, 1.807) is 0 Å². The number of carbonyl (C=O) groups is 1. The molecule has 0 radical (unpaired) electrons. The van der Waals surface area contributed by atoms with Gasteiger partial charge in [0.25, 0.3) is 0 Å². The zero-order valence-corrected chi connectivity index (χ0v) is 13.7. The molecular weight excluding hydrogens is 266 g/mol. The Morgan fingerprint density at radius 2 is 1.62 bits per heavy atom. The number of hydrogen-bond donors (Lipinski definition) is 3. The van der Waals surface area contributed by atoms with E-state index in [4.69, 9.17) is 10.9 Å². The van der Waals surface area contributed by atoms with Gasteiger partial charge in [0.1, 0.15) is 5.41 Å². The third-order valence-electron chi connectivity index (χ3n) is 5.40. The molecule has 122 valence electrons. The number of nitrogens with two attached hydrogens (primary N) is 1. The van der Waals surface area contributed by atoms with Crippen LogP contribution in [0.4, 0.5) is 0 Å². The van der Waals surface area contributed by atoms with Crippen molar-refractivity contribution >= 4 is 11.7 Å². The van der Waals surface area contributed by atoms with E-state index in [1.807, 2.05) is 0 Å². The van der Waals surface area contributed by atoms with Gasteiger partial charge in [-0.2, -0.15) is 0 Å². The minimum Gasteiger partial charge on any atom is -0.409 e. The highest BCUT2D eigenvalue weighted by molar-refractivity contribution is 6.07. The molecule has 4 N–H and O–H groups in total. The maximum absolute atomic E-state index is 13.0. The van der Waals surface area contributed by atoms with Crippen molar-refractivity contribution in [1.29, 1.82) is 0 Å². The summed E-state index contributed by atoms with van der Waals surface area (Å²) in [5, 5.41) is 15.6. The largest absolute Gasteiger partial charge is 0.409 e. The summed E-state index contributed by atoms with van der Waals surface area (Å²) in [5.41, 5.74) is 4.91. The van der Waals surface area contributed by atoms with Gasteiger partial charge in [0.15, 0.2) is 5.84 Å². The van der Waals surface area contributed by atoms with Gasteiger partial charge in [-0.05, 0) is 32.1 Å². The average molecular weight is 297 g/mol. The zero-order chi connectivity index (χ0) is 15.9. The van der Waals surface area contributed by atoms with Crippen LogP contribution in [0.15, 0.2) is 5.16 Å². The Bertz CT molecular complexity index is 359. The molecule has 0 aromatic heterocycles. The smallest absolute Gasteiger partial charge is 0.234 e. The number of amides is 1. The molecule has 5 nitrogen and oxygen atoms in total. The molecular formula is C16H31N3O2. The minimum absolute atomic E-state index is 0.0646. The average Bonchev–Trinajstić information content (AvgIpc) is 2.78. The highest BCUT2D eigenvalue weighted by atomic mass is 16.4. The number of rotatable bonds is 6. The topological polar surface area (TPSA) is 87.7 Å². The Morgan fingerprint density at radius 1 is 1.14 bits per heavy atom. The van der Waals surface area contributed by atoms with Crippen LogP contribution < -0.4 is 11.1 Å². The van der Waals surface area contributed by atoms with Gasteiger partial charge in [-0.15, -0.1) is 0 Å². The lowest BCUT2D eigenvalue weighted by Gasteiger charge is -2.38. The maximum atomic E-state index is 13.0. The number of oxime groups is 1. The fraction of sp³-hybridized carbons (Fsp3) is 0.875. The highest BCUT2D eigenvalue weighted by Gasteiger charge is 2.45. The van der Waals surface area contributed by atoms with E-state index in [9.17, 15) is 4.79 Å². The molecule has 1 saturated carbocycles. The van der Waals surface area contributed by atoms with Crippen LogP contribution in [0.2, 0.25) is 0 Å². The van der Waals surface area contributed by atoms with Crippen molar-refractivity contribution in [3.8, 4) is 0 Å². The van der Waals surface area contributed by atoms with Crippen molar-refractivity contribution in [2.24, 2.45) is 16.3 Å². The van der Waals surface area contributed by atoms with Gasteiger partial charge in [-0.25, -0.2) is 0 Å². The molecule has 1 aliphatic carbocycles. The van der Waals surface area contributed by atoms with Crippen molar-refractivity contribution < 1.29 is 10.0 Å². The summed E-state index contributed by atoms with van der Waals surface area (Å²) in [5.74, 6) is 0.00404. The fourth-order valence-electron chi connectivity index (χ4n) is 3.40. The number of carbonyl (C=O) groups excluding carboxylic acids is 1. The number of hydrogen-bond acceptors (Lipinski definition) is 3. The molecule has 1 aliphatic rings. The van der Waals surface area contributed by atoms with E-state index < -0.39 is 5.41 Å². The highest BCUT2D eigenvalue weighted by Crippen LogP contribution is 2.37. The van der Waals surface area contributed by atoms with E-state index in [-0.39, 0.29) is 17.3 Å². The summed E-state index contributed by atoms with van der Waals surface area (Å²) in [4.78, 5) is 13.0. The monoisotopic (exact) mass is 297 g/mol. The Morgan fingerprint density at radius 3 is 2.00 bits per heavy atom. The van der Waals surface area contributed by atoms with Crippen LogP contribution in [0.3, 0.4) is 0 Å². The van der Waals surface area contributed by atoms with E-state index in [1.165, 1.54) is 0 Å². The lowest BCUT2D eigenvalue weighted by atomic mass is 9.76. The molecule has 1 rings (SSSR count). The molecule has 0 bridgehead atoms. The molecule has 0 saturated heterocycles. The van der Waals surface area contributed by atoms with E-state index in [0.717, 1.165) is 44.9 Å². The van der Waals surface area contributed by atoms with Gasteiger partial charge in [0.05, 0.1) is 0 Å². The van der Waals surface area contributed by atoms with Crippen LogP contribution in [-0.4, -0.2) is 22.5 Å². The van der Waals surface area contributed by atoms with Gasteiger partial charge in [-0.3, -0.25) is 4.79 Å². The first kappa shape index (κ1) is 17.8. The quantitative estimate of drug-likeness (QED) is 0.231. The molecule has 0 aliphatic heterocycles. The summed E-state index contributed by atoms with van der Waals surface area (Å²) < 4.78 is 0. The first-order valence-electron chi connectivity index (χ1n) is 8.31. The Balaban J connectivity index is 3.06. The molecule has 0 heterocycles. The van der Waals surface area contributed by atoms with Crippen molar-refractivity contribution in [2.75, 3.05) is 0 Å². The number of nitrogens with one attached hydrogen (secondary N) is 1. The van der Waals surface area contributed by atoms with Crippen LogP contribution in [-0.2, 0) is 4.79 Å². The van der Waals surface area contributed by atoms with Gasteiger partial charge in [-0.1, -0.05) is 51.6 Å². The molecule has 0 atom stereocenters. The molecule has 0 unspecified atom stereocenters. The van der Waals surface area contributed by atoms with Crippen molar-refractivity contribution in [2.45, 2.75) is 84.1 Å². The second-order valence-corrected chi connectivity index (χ2v) is 6.28. The van der Waals surface area contributed by atoms with Crippen molar-refractivity contribution in [3.05, 3.63) is 0 Å². The molecule has 0 aromatic carbocycles. The third-order valence-corrected chi connectivity index (χ3v) is 5.40. The summed E-state index contributed by atoms with van der Waals surface area (Å²) in [6, 6.07) is 0. The molecule has 1 fully saturated rings. The van der Waals surface area contributed by atoms with Gasteiger partial charge >= 0.3 is 0 Å². The lowest BCUT2D eigenvalue weighted by Crippen LogP contribution is -2.56. The summed E-state index contributed by atoms with van der Waals surface area (Å²) >= 11 is 0. The minimum atomic E-state index is -0.837. The van der Waals surface area contributed by atoms with Crippen LogP contribution in [0.1, 0.15) is 78.6 Å². The fourth-order valence-corrected chi connectivity index (χ4v) is 3.40. The normalized spacial score (nSPS) is 19.9. The van der Waals surface area contributed by atoms with Crippen molar-refractivity contribution in [1.82, 2.24) is 5.32 Å². The standard InChI is InChI=1S/C16H31N3O2/c1-4-15(5-2,6-3)18-14(20)16(13(17)19-21)11-9-7-8-10-12-16/h21H,4-12H2,1-3H3,(H2,17,19)(H,18,20). The molecule has 5 heteroatoms. The zero-order valence-electron chi connectivity index (χ0n) is 13.7. The molecule has 0 aromatic rings. The Hall–Kier alpha value is -1.26. The number of amidine groups is 1. The second kappa shape index (κ2) is 7.66. The molecule has 21 heavy (non-hydrogen) atoms. The second-order valence-electron chi connectivity index (χ2n) is 6.28. The number of nitrogens with zero attached hydrogens (tertiary/aromatic N) is 1. The summed E-state index contributed by atoms with van der Waals surface area (Å²) in [7, 11) is 0. The van der Waals surface area contributed by atoms with Crippen LogP contribution in [0.25, 0.3) is 0 Å². The van der Waals surface area contributed by atoms with Gasteiger partial charge in [0.2, 0.25) is 5.91 Å². The molecule has 0 spiro atoms. The summed E-state index contributed by atoms with van der Waals surface area (Å²) in [6.45, 7) is 6.28. The van der Waals surface area contributed by atoms with Crippen molar-refractivity contribution in [3.63, 3.8) is 0 Å². The third kappa shape index (κ3) is 3.69.